The highest BCUT2D eigenvalue weighted by atomic mass is 19.4. The number of rotatable bonds is 14. The zero-order chi connectivity index (χ0) is 32.4. The number of carbonyl (C=O) groups excluding carboxylic acids is 1. The van der Waals surface area contributed by atoms with Crippen LogP contribution in [0.4, 0.5) is 13.2 Å². The van der Waals surface area contributed by atoms with E-state index in [9.17, 15) is 23.1 Å². The Labute approximate surface area is 265 Å². The van der Waals surface area contributed by atoms with Gasteiger partial charge in [0.15, 0.2) is 0 Å². The molecule has 2 N–H and O–H groups in total. The van der Waals surface area contributed by atoms with E-state index in [1.807, 2.05) is 78.1 Å². The lowest BCUT2D eigenvalue weighted by Gasteiger charge is -2.25. The number of aliphatic hydroxyl groups is 1. The number of alkyl halides is 3. The van der Waals surface area contributed by atoms with Crippen molar-refractivity contribution in [1.29, 1.82) is 0 Å². The van der Waals surface area contributed by atoms with Crippen molar-refractivity contribution >= 4 is 16.8 Å². The Morgan fingerprint density at radius 1 is 0.848 bits per heavy atom. The molecule has 1 atom stereocenters. The predicted octanol–water partition coefficient (Wildman–Crippen LogP) is 6.80. The molecule has 1 aromatic heterocycles. The summed E-state index contributed by atoms with van der Waals surface area (Å²) < 4.78 is 49.7. The highest BCUT2D eigenvalue weighted by Crippen LogP contribution is 2.30. The van der Waals surface area contributed by atoms with Crippen molar-refractivity contribution < 1.29 is 32.5 Å². The number of hydrogen-bond donors (Lipinski definition) is 2. The van der Waals surface area contributed by atoms with Gasteiger partial charge in [0.25, 0.3) is 5.91 Å². The van der Waals surface area contributed by atoms with Crippen LogP contribution in [0.2, 0.25) is 0 Å². The molecule has 1 heterocycles. The fourth-order valence-corrected chi connectivity index (χ4v) is 4.97. The first kappa shape index (κ1) is 32.5. The molecule has 1 amide bonds. The molecule has 0 saturated carbocycles. The molecule has 46 heavy (non-hydrogen) atoms. The van der Waals surface area contributed by atoms with E-state index in [1.54, 1.807) is 18.2 Å². The third kappa shape index (κ3) is 9.53. The van der Waals surface area contributed by atoms with E-state index < -0.39 is 24.7 Å². The Kier molecular flexibility index (Phi) is 10.9. The van der Waals surface area contributed by atoms with Crippen LogP contribution in [0.3, 0.4) is 0 Å². The lowest BCUT2D eigenvalue weighted by atomic mass is 10.1. The van der Waals surface area contributed by atoms with Gasteiger partial charge in [0.2, 0.25) is 0 Å². The van der Waals surface area contributed by atoms with Gasteiger partial charge in [-0.1, -0.05) is 66.7 Å². The average Bonchev–Trinajstić information content (AvgIpc) is 3.06. The molecule has 0 radical (unpaired) electrons. The van der Waals surface area contributed by atoms with Crippen LogP contribution in [0.25, 0.3) is 10.9 Å². The molecule has 0 aliphatic heterocycles. The molecule has 5 rings (SSSR count). The van der Waals surface area contributed by atoms with E-state index in [-0.39, 0.29) is 17.7 Å². The monoisotopic (exact) mass is 629 g/mol. The number of nitrogens with one attached hydrogen (secondary N) is 1. The van der Waals surface area contributed by atoms with E-state index in [0.29, 0.717) is 42.3 Å². The zero-order valence-corrected chi connectivity index (χ0v) is 25.0. The van der Waals surface area contributed by atoms with Crippen LogP contribution < -0.4 is 14.8 Å². The first-order valence-corrected chi connectivity index (χ1v) is 14.9. The zero-order valence-electron chi connectivity index (χ0n) is 25.0. The van der Waals surface area contributed by atoms with Crippen LogP contribution in [0.15, 0.2) is 115 Å². The maximum absolute atomic E-state index is 12.6. The van der Waals surface area contributed by atoms with Gasteiger partial charge in [-0.05, 0) is 60.0 Å². The van der Waals surface area contributed by atoms with Crippen LogP contribution in [-0.2, 0) is 13.0 Å². The molecular formula is C36H34F3N3O4. The molecule has 0 fully saturated rings. The highest BCUT2D eigenvalue weighted by Gasteiger charge is 2.28. The van der Waals surface area contributed by atoms with Gasteiger partial charge in [0, 0.05) is 31.2 Å². The molecule has 7 nitrogen and oxygen atoms in total. The van der Waals surface area contributed by atoms with Crippen LogP contribution in [0, 0.1) is 0 Å². The molecule has 0 saturated heterocycles. The minimum atomic E-state index is -4.52. The third-order valence-corrected chi connectivity index (χ3v) is 7.20. The van der Waals surface area contributed by atoms with Crippen molar-refractivity contribution in [2.24, 2.45) is 0 Å². The van der Waals surface area contributed by atoms with E-state index in [4.69, 9.17) is 9.47 Å². The summed E-state index contributed by atoms with van der Waals surface area (Å²) in [5.41, 5.74) is 2.49. The Morgan fingerprint density at radius 3 is 2.28 bits per heavy atom. The second-order valence-corrected chi connectivity index (χ2v) is 10.8. The quantitative estimate of drug-likeness (QED) is 0.141. The smallest absolute Gasteiger partial charge is 0.405 e. The Balaban J connectivity index is 1.22. The fourth-order valence-electron chi connectivity index (χ4n) is 4.97. The van der Waals surface area contributed by atoms with E-state index >= 15 is 0 Å². The highest BCUT2D eigenvalue weighted by molar-refractivity contribution is 6.06. The summed E-state index contributed by atoms with van der Waals surface area (Å²) in [6.07, 6.45) is -3.01. The SMILES string of the molecule is O=C(NCC(F)(F)F)c1cccc2c(Oc3ccc(CCN(Cc4ccccc4)C[C@H](O)COc4ccccc4)cc3)ccnc12. The molecule has 238 valence electrons. The number of aromatic nitrogens is 1. The second-order valence-electron chi connectivity index (χ2n) is 10.8. The number of ether oxygens (including phenoxy) is 2. The van der Waals surface area contributed by atoms with Gasteiger partial charge < -0.3 is 19.9 Å². The molecule has 0 aliphatic carbocycles. The Hall–Kier alpha value is -4.93. The largest absolute Gasteiger partial charge is 0.491 e. The standard InChI is InChI=1S/C36H34F3N3O4/c37-36(38,39)25-41-35(44)32-13-7-12-31-33(18-20-40-34(31)32)46-30-16-14-26(15-17-30)19-21-42(22-27-8-3-1-4-9-27)23-28(43)24-45-29-10-5-2-6-11-29/h1-18,20,28,43H,19,21-25H2,(H,41,44)/t28-/m0/s1. The number of hydrogen-bond acceptors (Lipinski definition) is 6. The number of pyridine rings is 1. The third-order valence-electron chi connectivity index (χ3n) is 7.20. The minimum Gasteiger partial charge on any atom is -0.491 e. The summed E-state index contributed by atoms with van der Waals surface area (Å²) in [5, 5.41) is 13.2. The fraction of sp³-hybridized carbons (Fsp3) is 0.222. The van der Waals surface area contributed by atoms with Gasteiger partial charge in [0.1, 0.15) is 36.5 Å². The van der Waals surface area contributed by atoms with Gasteiger partial charge in [-0.15, -0.1) is 0 Å². The lowest BCUT2D eigenvalue weighted by molar-refractivity contribution is -0.123. The van der Waals surface area contributed by atoms with Gasteiger partial charge in [-0.2, -0.15) is 13.2 Å². The molecule has 0 unspecified atom stereocenters. The number of fused-ring (bicyclic) bond motifs is 1. The number of benzene rings is 4. The van der Waals surface area contributed by atoms with Crippen LogP contribution in [0.1, 0.15) is 21.5 Å². The van der Waals surface area contributed by atoms with Crippen molar-refractivity contribution in [3.05, 3.63) is 132 Å². The summed E-state index contributed by atoms with van der Waals surface area (Å²) >= 11 is 0. The number of amides is 1. The molecule has 0 bridgehead atoms. The summed E-state index contributed by atoms with van der Waals surface area (Å²) in [4.78, 5) is 18.9. The summed E-state index contributed by atoms with van der Waals surface area (Å²) in [6, 6.07) is 33.5. The molecule has 10 heteroatoms. The first-order valence-electron chi connectivity index (χ1n) is 14.9. The van der Waals surface area contributed by atoms with Gasteiger partial charge >= 0.3 is 6.18 Å². The topological polar surface area (TPSA) is 83.9 Å². The van der Waals surface area contributed by atoms with Gasteiger partial charge in [-0.25, -0.2) is 0 Å². The van der Waals surface area contributed by atoms with Crippen molar-refractivity contribution in [2.45, 2.75) is 25.2 Å². The van der Waals surface area contributed by atoms with Crippen molar-refractivity contribution in [1.82, 2.24) is 15.2 Å². The van der Waals surface area contributed by atoms with Crippen molar-refractivity contribution in [2.75, 3.05) is 26.2 Å². The molecule has 0 aliphatic rings. The first-order chi connectivity index (χ1) is 22.2. The number of carbonyl (C=O) groups is 1. The van der Waals surface area contributed by atoms with Crippen molar-refractivity contribution in [3.63, 3.8) is 0 Å². The van der Waals surface area contributed by atoms with E-state index in [2.05, 4.69) is 22.0 Å². The molecule has 0 spiro atoms. The van der Waals surface area contributed by atoms with E-state index in [0.717, 1.165) is 17.5 Å². The minimum absolute atomic E-state index is 0.0272. The van der Waals surface area contributed by atoms with Gasteiger partial charge in [-0.3, -0.25) is 14.7 Å². The predicted molar refractivity (Wildman–Crippen MR) is 170 cm³/mol. The maximum atomic E-state index is 12.6. The van der Waals surface area contributed by atoms with Crippen LogP contribution in [-0.4, -0.2) is 59.4 Å². The summed E-state index contributed by atoms with van der Waals surface area (Å²) in [7, 11) is 0. The van der Waals surface area contributed by atoms with Crippen molar-refractivity contribution in [3.8, 4) is 17.2 Å². The van der Waals surface area contributed by atoms with Crippen LogP contribution >= 0.6 is 0 Å². The lowest BCUT2D eigenvalue weighted by Crippen LogP contribution is -2.36. The second kappa shape index (κ2) is 15.4. The van der Waals surface area contributed by atoms with Crippen LogP contribution in [0.5, 0.6) is 17.2 Å². The van der Waals surface area contributed by atoms with E-state index in [1.165, 1.54) is 12.3 Å². The number of nitrogens with zero attached hydrogens (tertiary/aromatic N) is 2. The normalized spacial score (nSPS) is 12.2. The number of halogens is 3. The Bertz CT molecular complexity index is 1700. The molecule has 4 aromatic carbocycles. The number of para-hydroxylation sites is 2. The maximum Gasteiger partial charge on any atom is 0.405 e. The van der Waals surface area contributed by atoms with Gasteiger partial charge in [0.05, 0.1) is 11.1 Å². The summed E-state index contributed by atoms with van der Waals surface area (Å²) in [6.45, 7) is 0.568. The average molecular weight is 630 g/mol. The number of aliphatic hydroxyl groups excluding tert-OH is 1. The molecule has 5 aromatic rings. The Morgan fingerprint density at radius 2 is 1.57 bits per heavy atom. The summed E-state index contributed by atoms with van der Waals surface area (Å²) in [5.74, 6) is 0.821. The molecular weight excluding hydrogens is 595 g/mol.